The number of carbonyl (C=O) groups excluding carboxylic acids is 1. The monoisotopic (exact) mass is 376 g/mol. The van der Waals surface area contributed by atoms with Crippen LogP contribution in [0.1, 0.15) is 11.3 Å². The van der Waals surface area contributed by atoms with Gasteiger partial charge in [0.2, 0.25) is 5.13 Å². The Morgan fingerprint density at radius 2 is 2.08 bits per heavy atom. The Balaban J connectivity index is 1.34. The number of nitrogens with one attached hydrogen (secondary N) is 2. The van der Waals surface area contributed by atoms with E-state index in [4.69, 9.17) is 9.25 Å². The second kappa shape index (κ2) is 9.21. The molecule has 0 saturated carbocycles. The Kier molecular flexibility index (Phi) is 6.43. The topological polar surface area (TPSA) is 89.3 Å². The first-order valence-electron chi connectivity index (χ1n) is 7.47. The molecular weight excluding hydrogens is 360 g/mol. The van der Waals surface area contributed by atoms with Crippen molar-refractivity contribution < 1.29 is 14.0 Å². The molecule has 2 heterocycles. The van der Waals surface area contributed by atoms with Crippen LogP contribution in [0.4, 0.5) is 5.13 Å². The fourth-order valence-corrected chi connectivity index (χ4v) is 3.38. The molecule has 2 aromatic heterocycles. The molecule has 0 bridgehead atoms. The third-order valence-corrected chi connectivity index (χ3v) is 5.01. The van der Waals surface area contributed by atoms with Crippen molar-refractivity contribution in [3.8, 4) is 0 Å². The van der Waals surface area contributed by atoms with E-state index in [1.54, 1.807) is 6.26 Å². The zero-order valence-electron chi connectivity index (χ0n) is 13.2. The van der Waals surface area contributed by atoms with Gasteiger partial charge in [-0.25, -0.2) is 5.48 Å². The smallest absolute Gasteiger partial charge is 0.253 e. The summed E-state index contributed by atoms with van der Waals surface area (Å²) in [5, 5.41) is 11.9. The summed E-state index contributed by atoms with van der Waals surface area (Å²) in [5.41, 5.74) is 3.41. The molecule has 0 atom stereocenters. The maximum atomic E-state index is 11.8. The van der Waals surface area contributed by atoms with Gasteiger partial charge >= 0.3 is 0 Å². The van der Waals surface area contributed by atoms with E-state index < -0.39 is 0 Å². The molecule has 3 rings (SSSR count). The zero-order chi connectivity index (χ0) is 17.3. The van der Waals surface area contributed by atoms with Crippen molar-refractivity contribution in [2.45, 2.75) is 17.5 Å². The van der Waals surface area contributed by atoms with Crippen molar-refractivity contribution in [2.75, 3.05) is 11.1 Å². The highest BCUT2D eigenvalue weighted by molar-refractivity contribution is 8.01. The second-order valence-electron chi connectivity index (χ2n) is 4.89. The van der Waals surface area contributed by atoms with Crippen molar-refractivity contribution >= 4 is 34.1 Å². The molecule has 2 N–H and O–H groups in total. The Morgan fingerprint density at radius 3 is 2.88 bits per heavy atom. The number of hydrogen-bond donors (Lipinski definition) is 2. The summed E-state index contributed by atoms with van der Waals surface area (Å²) < 4.78 is 5.94. The van der Waals surface area contributed by atoms with Crippen LogP contribution in [0, 0.1) is 0 Å². The number of thioether (sulfide) groups is 1. The zero-order valence-corrected chi connectivity index (χ0v) is 14.8. The number of aromatic nitrogens is 2. The van der Waals surface area contributed by atoms with Crippen LogP contribution in [-0.2, 0) is 22.8 Å². The molecule has 3 aromatic rings. The Hall–Kier alpha value is -2.36. The molecule has 0 spiro atoms. The number of anilines is 1. The van der Waals surface area contributed by atoms with Crippen LogP contribution < -0.4 is 10.8 Å². The molecule has 0 aliphatic heterocycles. The lowest BCUT2D eigenvalue weighted by atomic mass is 10.2. The van der Waals surface area contributed by atoms with Gasteiger partial charge in [-0.05, 0) is 17.7 Å². The van der Waals surface area contributed by atoms with E-state index in [1.807, 2.05) is 42.5 Å². The molecule has 0 fully saturated rings. The predicted octanol–water partition coefficient (Wildman–Crippen LogP) is 3.08. The second-order valence-corrected chi connectivity index (χ2v) is 7.09. The molecule has 0 aliphatic rings. The molecule has 0 radical (unpaired) electrons. The van der Waals surface area contributed by atoms with Gasteiger partial charge in [-0.2, -0.15) is 0 Å². The average molecular weight is 376 g/mol. The van der Waals surface area contributed by atoms with E-state index in [2.05, 4.69) is 21.0 Å². The summed E-state index contributed by atoms with van der Waals surface area (Å²) in [7, 11) is 0. The largest absolute Gasteiger partial charge is 0.467 e. The van der Waals surface area contributed by atoms with Crippen molar-refractivity contribution in [1.29, 1.82) is 0 Å². The SMILES string of the molecule is O=C(CSc1nnc(NCc2ccco2)s1)NOCc1ccccc1. The predicted molar refractivity (Wildman–Crippen MR) is 96.0 cm³/mol. The fraction of sp³-hybridized carbons (Fsp3) is 0.188. The minimum Gasteiger partial charge on any atom is -0.467 e. The van der Waals surface area contributed by atoms with Crippen molar-refractivity contribution in [3.63, 3.8) is 0 Å². The molecule has 1 aromatic carbocycles. The van der Waals surface area contributed by atoms with E-state index in [-0.39, 0.29) is 11.7 Å². The van der Waals surface area contributed by atoms with Gasteiger partial charge in [-0.1, -0.05) is 53.4 Å². The number of carbonyl (C=O) groups is 1. The summed E-state index contributed by atoms with van der Waals surface area (Å²) in [6, 6.07) is 13.3. The quantitative estimate of drug-likeness (QED) is 0.438. The van der Waals surface area contributed by atoms with Gasteiger partial charge in [0.05, 0.1) is 25.2 Å². The number of nitrogens with zero attached hydrogens (tertiary/aromatic N) is 2. The number of furan rings is 1. The van der Waals surface area contributed by atoms with Crippen LogP contribution in [0.25, 0.3) is 0 Å². The molecule has 130 valence electrons. The van der Waals surface area contributed by atoms with Crippen LogP contribution in [0.3, 0.4) is 0 Å². The van der Waals surface area contributed by atoms with Crippen molar-refractivity contribution in [3.05, 3.63) is 60.1 Å². The van der Waals surface area contributed by atoms with Gasteiger partial charge in [0, 0.05) is 0 Å². The van der Waals surface area contributed by atoms with Gasteiger partial charge in [0.1, 0.15) is 5.76 Å². The third-order valence-electron chi connectivity index (χ3n) is 2.99. The number of hydroxylamine groups is 1. The lowest BCUT2D eigenvalue weighted by Gasteiger charge is -2.04. The van der Waals surface area contributed by atoms with Crippen molar-refractivity contribution in [1.82, 2.24) is 15.7 Å². The summed E-state index contributed by atoms with van der Waals surface area (Å²) in [5.74, 6) is 0.808. The first-order chi connectivity index (χ1) is 12.3. The molecule has 0 aliphatic carbocycles. The van der Waals surface area contributed by atoms with E-state index in [0.29, 0.717) is 22.6 Å². The van der Waals surface area contributed by atoms with E-state index in [0.717, 1.165) is 11.3 Å². The minimum atomic E-state index is -0.221. The highest BCUT2D eigenvalue weighted by Gasteiger charge is 2.08. The number of hydrogen-bond acceptors (Lipinski definition) is 8. The molecule has 0 unspecified atom stereocenters. The highest BCUT2D eigenvalue weighted by atomic mass is 32.2. The van der Waals surface area contributed by atoms with E-state index >= 15 is 0 Å². The number of amides is 1. The third kappa shape index (κ3) is 5.89. The molecule has 0 saturated heterocycles. The first-order valence-corrected chi connectivity index (χ1v) is 9.27. The lowest BCUT2D eigenvalue weighted by molar-refractivity contribution is -0.131. The van der Waals surface area contributed by atoms with Gasteiger partial charge in [0.25, 0.3) is 5.91 Å². The Morgan fingerprint density at radius 1 is 1.20 bits per heavy atom. The van der Waals surface area contributed by atoms with Crippen LogP contribution in [0.2, 0.25) is 0 Å². The van der Waals surface area contributed by atoms with Gasteiger partial charge in [-0.3, -0.25) is 9.63 Å². The summed E-state index contributed by atoms with van der Waals surface area (Å²) in [4.78, 5) is 17.0. The molecule has 1 amide bonds. The summed E-state index contributed by atoms with van der Waals surface area (Å²) in [6.45, 7) is 0.872. The molecule has 7 nitrogen and oxygen atoms in total. The Labute approximate surface area is 152 Å². The summed E-state index contributed by atoms with van der Waals surface area (Å²) in [6.07, 6.45) is 1.62. The van der Waals surface area contributed by atoms with Crippen LogP contribution in [0.15, 0.2) is 57.5 Å². The van der Waals surface area contributed by atoms with Gasteiger partial charge in [0.15, 0.2) is 4.34 Å². The average Bonchev–Trinajstić information content (AvgIpc) is 3.31. The highest BCUT2D eigenvalue weighted by Crippen LogP contribution is 2.25. The number of rotatable bonds is 9. The molecule has 25 heavy (non-hydrogen) atoms. The standard InChI is InChI=1S/C16H16N4O3S2/c21-14(20-23-10-12-5-2-1-3-6-12)11-24-16-19-18-15(25-16)17-9-13-7-4-8-22-13/h1-8H,9-11H2,(H,17,18)(H,20,21). The number of benzene rings is 1. The first kappa shape index (κ1) is 17.5. The fourth-order valence-electron chi connectivity index (χ4n) is 1.85. The Bertz CT molecular complexity index is 778. The van der Waals surface area contributed by atoms with E-state index in [1.165, 1.54) is 23.1 Å². The van der Waals surface area contributed by atoms with Gasteiger partial charge < -0.3 is 9.73 Å². The minimum absolute atomic E-state index is 0.210. The lowest BCUT2D eigenvalue weighted by Crippen LogP contribution is -2.25. The van der Waals surface area contributed by atoms with E-state index in [9.17, 15) is 4.79 Å². The maximum absolute atomic E-state index is 11.8. The van der Waals surface area contributed by atoms with Crippen LogP contribution in [-0.4, -0.2) is 21.9 Å². The summed E-state index contributed by atoms with van der Waals surface area (Å²) >= 11 is 2.69. The normalized spacial score (nSPS) is 10.6. The maximum Gasteiger partial charge on any atom is 0.253 e. The van der Waals surface area contributed by atoms with Crippen LogP contribution >= 0.6 is 23.1 Å². The molecule has 9 heteroatoms. The van der Waals surface area contributed by atoms with Gasteiger partial charge in [-0.15, -0.1) is 10.2 Å². The molecular formula is C16H16N4O3S2. The van der Waals surface area contributed by atoms with Crippen LogP contribution in [0.5, 0.6) is 0 Å². The van der Waals surface area contributed by atoms with Crippen molar-refractivity contribution in [2.24, 2.45) is 0 Å².